The zero-order chi connectivity index (χ0) is 15.9. The van der Waals surface area contributed by atoms with Gasteiger partial charge in [0.25, 0.3) is 0 Å². The fraction of sp³-hybridized carbons (Fsp3) is 0.556. The van der Waals surface area contributed by atoms with Gasteiger partial charge in [0.1, 0.15) is 0 Å². The topological polar surface area (TPSA) is 44.1 Å². The summed E-state index contributed by atoms with van der Waals surface area (Å²) in [5.74, 6) is 0.722. The summed E-state index contributed by atoms with van der Waals surface area (Å²) in [6, 6.07) is 10.4. The van der Waals surface area contributed by atoms with Gasteiger partial charge in [-0.05, 0) is 24.0 Å². The summed E-state index contributed by atoms with van der Waals surface area (Å²) in [6.45, 7) is 5.67. The molecular weight excluding hydrogens is 292 g/mol. The summed E-state index contributed by atoms with van der Waals surface area (Å²) in [5.41, 5.74) is 1.27. The molecule has 1 heterocycles. The molecule has 1 amide bonds. The van der Waals surface area contributed by atoms with Crippen LogP contribution in [0, 0.1) is 17.2 Å². The lowest BCUT2D eigenvalue weighted by molar-refractivity contribution is -0.131. The van der Waals surface area contributed by atoms with Crippen molar-refractivity contribution in [2.45, 2.75) is 49.7 Å². The van der Waals surface area contributed by atoms with Gasteiger partial charge in [-0.2, -0.15) is 5.26 Å². The summed E-state index contributed by atoms with van der Waals surface area (Å²) in [4.78, 5) is 16.0. The summed E-state index contributed by atoms with van der Waals surface area (Å²) < 4.78 is 0. The quantitative estimate of drug-likeness (QED) is 0.766. The van der Waals surface area contributed by atoms with Crippen molar-refractivity contribution in [2.75, 3.05) is 13.1 Å². The first kappa shape index (κ1) is 16.9. The molecule has 0 N–H and O–H groups in total. The Balaban J connectivity index is 2.04. The molecule has 0 aromatic heterocycles. The van der Waals surface area contributed by atoms with Gasteiger partial charge in [0.05, 0.1) is 17.7 Å². The molecule has 0 aliphatic carbocycles. The number of amides is 1. The molecule has 0 saturated heterocycles. The Morgan fingerprint density at radius 1 is 1.41 bits per heavy atom. The number of thioether (sulfide) groups is 1. The number of carbonyl (C=O) groups is 1. The van der Waals surface area contributed by atoms with Gasteiger partial charge in [-0.25, -0.2) is 0 Å². The van der Waals surface area contributed by atoms with E-state index in [1.807, 2.05) is 17.0 Å². The van der Waals surface area contributed by atoms with Crippen molar-refractivity contribution in [3.05, 3.63) is 29.8 Å². The van der Waals surface area contributed by atoms with Crippen LogP contribution in [0.1, 0.15) is 38.7 Å². The predicted molar refractivity (Wildman–Crippen MR) is 90.7 cm³/mol. The molecule has 1 aromatic rings. The molecule has 1 unspecified atom stereocenters. The normalized spacial score (nSPS) is 16.4. The second-order valence-corrected chi connectivity index (χ2v) is 7.04. The van der Waals surface area contributed by atoms with Crippen molar-refractivity contribution >= 4 is 17.7 Å². The molecule has 1 aliphatic heterocycles. The lowest BCUT2D eigenvalue weighted by atomic mass is 10.0. The van der Waals surface area contributed by atoms with E-state index in [1.54, 1.807) is 11.8 Å². The van der Waals surface area contributed by atoms with Crippen LogP contribution in [-0.4, -0.2) is 29.1 Å². The highest BCUT2D eigenvalue weighted by Gasteiger charge is 2.31. The van der Waals surface area contributed by atoms with Gasteiger partial charge >= 0.3 is 0 Å². The van der Waals surface area contributed by atoms with E-state index in [1.165, 1.54) is 10.5 Å². The molecule has 118 valence electrons. The molecule has 0 bridgehead atoms. The largest absolute Gasteiger partial charge is 0.340 e. The molecule has 1 aromatic carbocycles. The van der Waals surface area contributed by atoms with E-state index in [-0.39, 0.29) is 11.2 Å². The lowest BCUT2D eigenvalue weighted by Gasteiger charge is -2.28. The maximum absolute atomic E-state index is 12.9. The van der Waals surface area contributed by atoms with Crippen LogP contribution in [0.3, 0.4) is 0 Å². The Labute approximate surface area is 137 Å². The molecule has 1 atom stereocenters. The maximum Gasteiger partial charge on any atom is 0.236 e. The van der Waals surface area contributed by atoms with Crippen LogP contribution in [-0.2, 0) is 11.2 Å². The Morgan fingerprint density at radius 2 is 2.14 bits per heavy atom. The zero-order valence-corrected chi connectivity index (χ0v) is 14.2. The first-order valence-corrected chi connectivity index (χ1v) is 8.97. The third kappa shape index (κ3) is 4.04. The molecule has 4 heteroatoms. The minimum Gasteiger partial charge on any atom is -0.340 e. The average molecular weight is 316 g/mol. The van der Waals surface area contributed by atoms with Crippen LogP contribution in [0.2, 0.25) is 0 Å². The molecule has 0 fully saturated rings. The predicted octanol–water partition coefficient (Wildman–Crippen LogP) is 3.88. The Bertz CT molecular complexity index is 523. The van der Waals surface area contributed by atoms with Gasteiger partial charge in [0, 0.05) is 18.0 Å². The molecule has 22 heavy (non-hydrogen) atoms. The number of benzene rings is 1. The Kier molecular flexibility index (Phi) is 6.33. The van der Waals surface area contributed by atoms with Crippen LogP contribution in [0.15, 0.2) is 29.2 Å². The average Bonchev–Trinajstić information content (AvgIpc) is 2.98. The van der Waals surface area contributed by atoms with Crippen molar-refractivity contribution in [3.63, 3.8) is 0 Å². The number of fused-ring (bicyclic) bond motifs is 1. The first-order valence-electron chi connectivity index (χ1n) is 8.09. The summed E-state index contributed by atoms with van der Waals surface area (Å²) in [6.07, 6.45) is 3.37. The fourth-order valence-corrected chi connectivity index (χ4v) is 4.14. The third-order valence-electron chi connectivity index (χ3n) is 4.36. The van der Waals surface area contributed by atoms with Crippen molar-refractivity contribution in [1.29, 1.82) is 5.26 Å². The van der Waals surface area contributed by atoms with E-state index in [9.17, 15) is 4.79 Å². The van der Waals surface area contributed by atoms with Gasteiger partial charge in [-0.3, -0.25) is 4.79 Å². The fourth-order valence-electron chi connectivity index (χ4n) is 2.86. The van der Waals surface area contributed by atoms with E-state index in [2.05, 4.69) is 32.0 Å². The van der Waals surface area contributed by atoms with Crippen LogP contribution in [0.4, 0.5) is 0 Å². The minimum atomic E-state index is -0.0227. The van der Waals surface area contributed by atoms with Crippen molar-refractivity contribution in [3.8, 4) is 6.07 Å². The summed E-state index contributed by atoms with van der Waals surface area (Å²) in [7, 11) is 0. The molecule has 0 radical (unpaired) electrons. The van der Waals surface area contributed by atoms with Gasteiger partial charge in [-0.15, -0.1) is 11.8 Å². The molecule has 0 saturated carbocycles. The number of rotatable bonds is 7. The molecule has 1 aliphatic rings. The lowest BCUT2D eigenvalue weighted by Crippen LogP contribution is -2.41. The van der Waals surface area contributed by atoms with Gasteiger partial charge in [-0.1, -0.05) is 44.9 Å². The van der Waals surface area contributed by atoms with Crippen molar-refractivity contribution < 1.29 is 4.79 Å². The van der Waals surface area contributed by atoms with Crippen LogP contribution in [0.5, 0.6) is 0 Å². The van der Waals surface area contributed by atoms with Crippen LogP contribution in [0.25, 0.3) is 0 Å². The van der Waals surface area contributed by atoms with Gasteiger partial charge in [0.15, 0.2) is 0 Å². The molecule has 0 spiro atoms. The van der Waals surface area contributed by atoms with Crippen molar-refractivity contribution in [1.82, 2.24) is 4.90 Å². The number of nitrogens with zero attached hydrogens (tertiary/aromatic N) is 2. The van der Waals surface area contributed by atoms with E-state index in [4.69, 9.17) is 5.26 Å². The second-order valence-electron chi connectivity index (χ2n) is 5.79. The van der Waals surface area contributed by atoms with Gasteiger partial charge < -0.3 is 4.90 Å². The van der Waals surface area contributed by atoms with E-state index in [0.717, 1.165) is 25.8 Å². The monoisotopic (exact) mass is 316 g/mol. The Hall–Kier alpha value is -1.47. The van der Waals surface area contributed by atoms with Crippen LogP contribution >= 0.6 is 11.8 Å². The SMILES string of the molecule is CCC(CC)CN(CCC#N)C(=O)C1Cc2ccccc2S1. The minimum absolute atomic E-state index is 0.0227. The highest BCUT2D eigenvalue weighted by atomic mass is 32.2. The Morgan fingerprint density at radius 3 is 2.77 bits per heavy atom. The second kappa shape index (κ2) is 8.24. The highest BCUT2D eigenvalue weighted by Crippen LogP contribution is 2.37. The number of hydrogen-bond acceptors (Lipinski definition) is 3. The molecular formula is C18H24N2OS. The van der Waals surface area contributed by atoms with Crippen LogP contribution < -0.4 is 0 Å². The first-order chi connectivity index (χ1) is 10.7. The van der Waals surface area contributed by atoms with Crippen molar-refractivity contribution in [2.24, 2.45) is 5.92 Å². The summed E-state index contributed by atoms with van der Waals surface area (Å²) >= 11 is 1.67. The third-order valence-corrected chi connectivity index (χ3v) is 5.67. The number of nitriles is 1. The molecule has 2 rings (SSSR count). The zero-order valence-electron chi connectivity index (χ0n) is 13.4. The molecule has 3 nitrogen and oxygen atoms in total. The highest BCUT2D eigenvalue weighted by molar-refractivity contribution is 8.01. The van der Waals surface area contributed by atoms with E-state index in [0.29, 0.717) is 18.9 Å². The maximum atomic E-state index is 12.9. The number of hydrogen-bond donors (Lipinski definition) is 0. The number of carbonyl (C=O) groups excluding carboxylic acids is 1. The van der Waals surface area contributed by atoms with E-state index < -0.39 is 0 Å². The van der Waals surface area contributed by atoms with E-state index >= 15 is 0 Å². The van der Waals surface area contributed by atoms with Gasteiger partial charge in [0.2, 0.25) is 5.91 Å². The standard InChI is InChI=1S/C18H24N2OS/c1-3-14(4-2)13-20(11-7-10-19)18(21)17-12-15-8-5-6-9-16(15)22-17/h5-6,8-9,14,17H,3-4,7,11-13H2,1-2H3. The summed E-state index contributed by atoms with van der Waals surface area (Å²) in [5, 5.41) is 8.84. The smallest absolute Gasteiger partial charge is 0.236 e.